The van der Waals surface area contributed by atoms with Crippen molar-refractivity contribution in [3.8, 4) is 17.6 Å². The largest absolute Gasteiger partial charge is 0.457 e. The van der Waals surface area contributed by atoms with Gasteiger partial charge in [-0.05, 0) is 50.5 Å². The Morgan fingerprint density at radius 2 is 1.79 bits per heavy atom. The highest BCUT2D eigenvalue weighted by Crippen LogP contribution is 2.27. The van der Waals surface area contributed by atoms with Crippen LogP contribution in [0.3, 0.4) is 0 Å². The van der Waals surface area contributed by atoms with E-state index in [1.165, 1.54) is 5.01 Å². The highest BCUT2D eigenvalue weighted by atomic mass is 16.5. The highest BCUT2D eigenvalue weighted by molar-refractivity contribution is 5.98. The first-order chi connectivity index (χ1) is 15.9. The first-order valence-electron chi connectivity index (χ1n) is 10.4. The summed E-state index contributed by atoms with van der Waals surface area (Å²) in [4.78, 5) is 16.9. The Bertz CT molecular complexity index is 1120. The SMILES string of the molecule is CN(C)CCN(C)C1=NC2=C(C#N)C(Nc3ccc(Oc4ccncc4)cc3)NN2C(N)=N1. The molecule has 4 N–H and O–H groups in total. The van der Waals surface area contributed by atoms with E-state index in [0.717, 1.165) is 18.8 Å². The summed E-state index contributed by atoms with van der Waals surface area (Å²) in [5.41, 5.74) is 10.5. The summed E-state index contributed by atoms with van der Waals surface area (Å²) in [5, 5.41) is 14.7. The molecule has 2 aliphatic heterocycles. The van der Waals surface area contributed by atoms with Gasteiger partial charge in [-0.3, -0.25) is 4.98 Å². The summed E-state index contributed by atoms with van der Waals surface area (Å²) >= 11 is 0. The van der Waals surface area contributed by atoms with Crippen LogP contribution in [0.1, 0.15) is 0 Å². The van der Waals surface area contributed by atoms with Crippen molar-refractivity contribution >= 4 is 17.6 Å². The molecule has 0 spiro atoms. The quantitative estimate of drug-likeness (QED) is 0.577. The zero-order chi connectivity index (χ0) is 23.4. The van der Waals surface area contributed by atoms with Crippen LogP contribution in [-0.2, 0) is 0 Å². The van der Waals surface area contributed by atoms with E-state index in [1.54, 1.807) is 24.5 Å². The molecule has 3 heterocycles. The second-order valence-electron chi connectivity index (χ2n) is 7.81. The minimum Gasteiger partial charge on any atom is -0.457 e. The molecule has 11 heteroatoms. The molecule has 170 valence electrons. The zero-order valence-electron chi connectivity index (χ0n) is 18.7. The Kier molecular flexibility index (Phi) is 6.39. The number of hydrogen-bond donors (Lipinski definition) is 3. The summed E-state index contributed by atoms with van der Waals surface area (Å²) in [6, 6.07) is 13.2. The number of fused-ring (bicyclic) bond motifs is 1. The van der Waals surface area contributed by atoms with Crippen molar-refractivity contribution in [3.05, 3.63) is 60.2 Å². The average molecular weight is 447 g/mol. The number of hydrogen-bond acceptors (Lipinski definition) is 11. The Morgan fingerprint density at radius 3 is 2.45 bits per heavy atom. The van der Waals surface area contributed by atoms with Crippen LogP contribution < -0.4 is 21.2 Å². The lowest BCUT2D eigenvalue weighted by molar-refractivity contribution is 0.349. The maximum Gasteiger partial charge on any atom is 0.230 e. The number of nitriles is 1. The van der Waals surface area contributed by atoms with Gasteiger partial charge in [-0.25, -0.2) is 5.01 Å². The van der Waals surface area contributed by atoms with E-state index in [1.807, 2.05) is 50.3 Å². The summed E-state index contributed by atoms with van der Waals surface area (Å²) in [7, 11) is 5.90. The maximum atomic E-state index is 9.84. The Labute approximate surface area is 192 Å². The number of nitrogens with two attached hydrogens (primary N) is 1. The number of hydrazine groups is 1. The molecule has 1 unspecified atom stereocenters. The molecule has 1 atom stereocenters. The summed E-state index contributed by atoms with van der Waals surface area (Å²) in [6.45, 7) is 1.56. The number of guanidine groups is 2. The van der Waals surface area contributed by atoms with Crippen molar-refractivity contribution in [3.63, 3.8) is 0 Å². The van der Waals surface area contributed by atoms with E-state index in [4.69, 9.17) is 10.5 Å². The molecule has 2 aromatic rings. The Hall–Kier alpha value is -4.14. The van der Waals surface area contributed by atoms with Gasteiger partial charge < -0.3 is 25.6 Å². The van der Waals surface area contributed by atoms with Gasteiger partial charge in [-0.2, -0.15) is 20.7 Å². The molecule has 2 aliphatic rings. The third-order valence-corrected chi connectivity index (χ3v) is 5.04. The van der Waals surface area contributed by atoms with E-state index >= 15 is 0 Å². The minimum atomic E-state index is -0.513. The van der Waals surface area contributed by atoms with Crippen molar-refractivity contribution in [1.29, 1.82) is 5.26 Å². The number of nitrogens with one attached hydrogen (secondary N) is 2. The first-order valence-corrected chi connectivity index (χ1v) is 10.4. The van der Waals surface area contributed by atoms with Crippen molar-refractivity contribution in [2.75, 3.05) is 39.5 Å². The molecule has 33 heavy (non-hydrogen) atoms. The number of nitrogens with zero attached hydrogens (tertiary/aromatic N) is 7. The lowest BCUT2D eigenvalue weighted by Crippen LogP contribution is -2.50. The molecule has 11 nitrogen and oxygen atoms in total. The van der Waals surface area contributed by atoms with Gasteiger partial charge in [-0.1, -0.05) is 0 Å². The van der Waals surface area contributed by atoms with Crippen molar-refractivity contribution in [2.24, 2.45) is 15.7 Å². The molecule has 0 fully saturated rings. The predicted molar refractivity (Wildman–Crippen MR) is 126 cm³/mol. The van der Waals surface area contributed by atoms with Crippen LogP contribution in [0.2, 0.25) is 0 Å². The van der Waals surface area contributed by atoms with Gasteiger partial charge in [0.1, 0.15) is 29.3 Å². The minimum absolute atomic E-state index is 0.227. The van der Waals surface area contributed by atoms with Gasteiger partial charge in [0.25, 0.3) is 0 Å². The van der Waals surface area contributed by atoms with Crippen LogP contribution in [0.5, 0.6) is 11.5 Å². The fourth-order valence-corrected chi connectivity index (χ4v) is 3.23. The Balaban J connectivity index is 1.49. The van der Waals surface area contributed by atoms with Crippen molar-refractivity contribution < 1.29 is 4.74 Å². The van der Waals surface area contributed by atoms with Gasteiger partial charge in [0.15, 0.2) is 5.82 Å². The third-order valence-electron chi connectivity index (χ3n) is 5.04. The first kappa shape index (κ1) is 22.1. The van der Waals surface area contributed by atoms with Crippen molar-refractivity contribution in [1.82, 2.24) is 25.2 Å². The summed E-state index contributed by atoms with van der Waals surface area (Å²) in [6.07, 6.45) is 2.83. The van der Waals surface area contributed by atoms with E-state index in [0.29, 0.717) is 28.9 Å². The highest BCUT2D eigenvalue weighted by Gasteiger charge is 2.36. The predicted octanol–water partition coefficient (Wildman–Crippen LogP) is 1.34. The lowest BCUT2D eigenvalue weighted by atomic mass is 10.2. The number of benzene rings is 1. The van der Waals surface area contributed by atoms with Gasteiger partial charge >= 0.3 is 0 Å². The smallest absolute Gasteiger partial charge is 0.230 e. The normalized spacial score (nSPS) is 17.3. The number of pyridine rings is 1. The molecular weight excluding hydrogens is 420 g/mol. The molecule has 4 rings (SSSR count). The Morgan fingerprint density at radius 1 is 1.09 bits per heavy atom. The topological polar surface area (TPSA) is 130 Å². The standard InChI is InChI=1S/C22H26N10O/c1-30(2)12-13-31(3)22-27-20-18(14-23)19(29-32(20)21(24)28-22)26-15-4-6-16(7-5-15)33-17-8-10-25-11-9-17/h4-11,19,26,29H,12-13H2,1-3H3,(H2,24,27,28). The summed E-state index contributed by atoms with van der Waals surface area (Å²) in [5.74, 6) is 2.52. The fourth-order valence-electron chi connectivity index (χ4n) is 3.23. The van der Waals surface area contributed by atoms with Gasteiger partial charge in [-0.15, -0.1) is 0 Å². The molecule has 0 saturated heterocycles. The van der Waals surface area contributed by atoms with Gasteiger partial charge in [0.2, 0.25) is 11.9 Å². The van der Waals surface area contributed by atoms with E-state index in [9.17, 15) is 5.26 Å². The van der Waals surface area contributed by atoms with E-state index in [-0.39, 0.29) is 5.96 Å². The molecule has 0 aliphatic carbocycles. The molecular formula is C22H26N10O. The lowest BCUT2D eigenvalue weighted by Gasteiger charge is -2.27. The average Bonchev–Trinajstić information content (AvgIpc) is 3.17. The summed E-state index contributed by atoms with van der Waals surface area (Å²) < 4.78 is 5.79. The number of anilines is 1. The van der Waals surface area contributed by atoms with Gasteiger partial charge in [0, 0.05) is 38.2 Å². The molecule has 0 radical (unpaired) electrons. The third kappa shape index (κ3) is 5.03. The number of aliphatic imine (C=N–C) groups is 2. The van der Waals surface area contributed by atoms with Crippen LogP contribution in [0.25, 0.3) is 0 Å². The molecule has 1 aromatic heterocycles. The monoisotopic (exact) mass is 446 g/mol. The number of rotatable bonds is 7. The number of aromatic nitrogens is 1. The second-order valence-corrected chi connectivity index (χ2v) is 7.81. The van der Waals surface area contributed by atoms with E-state index in [2.05, 4.69) is 36.7 Å². The number of likely N-dealkylation sites (N-methyl/N-ethyl adjacent to an activating group) is 2. The number of ether oxygens (including phenoxy) is 1. The van der Waals surface area contributed by atoms with Crippen LogP contribution in [0.15, 0.2) is 70.2 Å². The second kappa shape index (κ2) is 9.56. The molecule has 0 bridgehead atoms. The van der Waals surface area contributed by atoms with Crippen LogP contribution in [-0.4, -0.2) is 72.1 Å². The van der Waals surface area contributed by atoms with E-state index < -0.39 is 6.17 Å². The zero-order valence-corrected chi connectivity index (χ0v) is 18.7. The molecule has 0 amide bonds. The van der Waals surface area contributed by atoms with Crippen molar-refractivity contribution in [2.45, 2.75) is 6.17 Å². The van der Waals surface area contributed by atoms with Gasteiger partial charge in [0.05, 0.1) is 0 Å². The van der Waals surface area contributed by atoms with Crippen LogP contribution >= 0.6 is 0 Å². The molecule has 1 aromatic carbocycles. The molecule has 0 saturated carbocycles. The fraction of sp³-hybridized carbons (Fsp3) is 0.273. The maximum absolute atomic E-state index is 9.84. The van der Waals surface area contributed by atoms with Crippen LogP contribution in [0.4, 0.5) is 5.69 Å². The van der Waals surface area contributed by atoms with Crippen LogP contribution in [0, 0.1) is 11.3 Å².